The first-order valence-corrected chi connectivity index (χ1v) is 10.5. The molecule has 0 bridgehead atoms. The zero-order valence-corrected chi connectivity index (χ0v) is 17.7. The molecule has 0 amide bonds. The number of rotatable bonds is 7. The van der Waals surface area contributed by atoms with Gasteiger partial charge in [0.2, 0.25) is 5.95 Å². The van der Waals surface area contributed by atoms with Gasteiger partial charge in [-0.25, -0.2) is 15.0 Å². The van der Waals surface area contributed by atoms with E-state index in [0.29, 0.717) is 35.4 Å². The summed E-state index contributed by atoms with van der Waals surface area (Å²) in [5.74, 6) is 1.35. The zero-order chi connectivity index (χ0) is 19.8. The van der Waals surface area contributed by atoms with Crippen LogP contribution in [0.3, 0.4) is 0 Å². The third-order valence-corrected chi connectivity index (χ3v) is 5.40. The average molecular weight is 420 g/mol. The number of nitrogens with zero attached hydrogens (tertiary/aromatic N) is 5. The Balaban J connectivity index is 1.81. The molecule has 0 aliphatic carbocycles. The molecule has 1 saturated heterocycles. The molecule has 1 atom stereocenters. The monoisotopic (exact) mass is 419 g/mol. The number of hydrogen-bond acceptors (Lipinski definition) is 8. The van der Waals surface area contributed by atoms with Gasteiger partial charge in [-0.05, 0) is 56.2 Å². The molecule has 1 aliphatic rings. The Morgan fingerprint density at radius 1 is 1.32 bits per heavy atom. The summed E-state index contributed by atoms with van der Waals surface area (Å²) in [6, 6.07) is 4.23. The van der Waals surface area contributed by atoms with E-state index in [9.17, 15) is 0 Å². The van der Waals surface area contributed by atoms with Gasteiger partial charge in [0.25, 0.3) is 0 Å². The fraction of sp³-hybridized carbons (Fsp3) is 0.500. The van der Waals surface area contributed by atoms with Crippen molar-refractivity contribution in [1.29, 1.82) is 0 Å². The van der Waals surface area contributed by atoms with Crippen LogP contribution in [0.2, 0.25) is 0 Å². The van der Waals surface area contributed by atoms with Crippen molar-refractivity contribution in [3.05, 3.63) is 24.5 Å². The topological polar surface area (TPSA) is 88.1 Å². The van der Waals surface area contributed by atoms with Gasteiger partial charge in [-0.15, -0.1) is 0 Å². The lowest BCUT2D eigenvalue weighted by molar-refractivity contribution is 0.204. The molecule has 0 aromatic carbocycles. The van der Waals surface area contributed by atoms with Gasteiger partial charge in [0.05, 0.1) is 6.61 Å². The van der Waals surface area contributed by atoms with Crippen LogP contribution in [0.15, 0.2) is 34.7 Å². The van der Waals surface area contributed by atoms with E-state index in [1.165, 1.54) is 24.6 Å². The molecule has 0 radical (unpaired) electrons. The van der Waals surface area contributed by atoms with E-state index in [2.05, 4.69) is 37.4 Å². The third-order valence-electron chi connectivity index (χ3n) is 4.34. The SMILES string of the molecule is COCCNC(=S)Nc1nc(Sc2ncccn2)cc(N2CCCC[C@@H]2C)n1. The number of anilines is 2. The minimum absolute atomic E-state index is 0.439. The number of methoxy groups -OCH3 is 1. The number of aromatic nitrogens is 4. The Kier molecular flexibility index (Phi) is 7.75. The van der Waals surface area contributed by atoms with Crippen molar-refractivity contribution < 1.29 is 4.74 Å². The summed E-state index contributed by atoms with van der Waals surface area (Å²) in [5, 5.41) is 8.05. The Bertz CT molecular complexity index is 778. The number of piperidine rings is 1. The van der Waals surface area contributed by atoms with Gasteiger partial charge < -0.3 is 20.3 Å². The van der Waals surface area contributed by atoms with Crippen molar-refractivity contribution in [3.8, 4) is 0 Å². The highest BCUT2D eigenvalue weighted by Crippen LogP contribution is 2.29. The molecular weight excluding hydrogens is 394 g/mol. The lowest BCUT2D eigenvalue weighted by atomic mass is 10.0. The molecule has 10 heteroatoms. The first kappa shape index (κ1) is 20.7. The molecular formula is C18H25N7OS2. The molecule has 2 aromatic heterocycles. The van der Waals surface area contributed by atoms with Crippen LogP contribution in [-0.2, 0) is 4.74 Å². The van der Waals surface area contributed by atoms with E-state index >= 15 is 0 Å². The van der Waals surface area contributed by atoms with Crippen molar-refractivity contribution in [2.45, 2.75) is 42.4 Å². The first-order chi connectivity index (χ1) is 13.7. The minimum Gasteiger partial charge on any atom is -0.383 e. The van der Waals surface area contributed by atoms with E-state index in [-0.39, 0.29) is 0 Å². The van der Waals surface area contributed by atoms with Crippen molar-refractivity contribution >= 4 is 40.9 Å². The second kappa shape index (κ2) is 10.5. The smallest absolute Gasteiger partial charge is 0.232 e. The van der Waals surface area contributed by atoms with Gasteiger partial charge >= 0.3 is 0 Å². The standard InChI is InChI=1S/C18H25N7OS2/c1-13-6-3-4-10-25(13)14-12-15(28-18-20-7-5-8-21-18)23-16(22-14)24-17(27)19-9-11-26-2/h5,7-8,12-13H,3-4,6,9-11H2,1-2H3,(H2,19,22,23,24,27)/t13-/m0/s1. The predicted molar refractivity (Wildman–Crippen MR) is 115 cm³/mol. The van der Waals surface area contributed by atoms with Gasteiger partial charge in [0.15, 0.2) is 10.3 Å². The second-order valence-electron chi connectivity index (χ2n) is 6.43. The van der Waals surface area contributed by atoms with E-state index in [1.807, 2.05) is 6.07 Å². The Labute approximate surface area is 174 Å². The Morgan fingerprint density at radius 2 is 2.14 bits per heavy atom. The van der Waals surface area contributed by atoms with Crippen molar-refractivity contribution in [2.75, 3.05) is 37.0 Å². The molecule has 0 spiro atoms. The van der Waals surface area contributed by atoms with Crippen molar-refractivity contribution in [2.24, 2.45) is 0 Å². The van der Waals surface area contributed by atoms with Gasteiger partial charge in [0.1, 0.15) is 10.8 Å². The molecule has 0 unspecified atom stereocenters. The lowest BCUT2D eigenvalue weighted by Gasteiger charge is -2.34. The summed E-state index contributed by atoms with van der Waals surface area (Å²) in [7, 11) is 1.65. The normalized spacial score (nSPS) is 16.6. The zero-order valence-electron chi connectivity index (χ0n) is 16.1. The summed E-state index contributed by atoms with van der Waals surface area (Å²) in [6.45, 7) is 4.41. The fourth-order valence-electron chi connectivity index (χ4n) is 2.95. The van der Waals surface area contributed by atoms with Gasteiger partial charge in [-0.3, -0.25) is 0 Å². The lowest BCUT2D eigenvalue weighted by Crippen LogP contribution is -2.38. The molecule has 150 valence electrons. The maximum absolute atomic E-state index is 5.34. The number of hydrogen-bond donors (Lipinski definition) is 2. The maximum atomic E-state index is 5.34. The van der Waals surface area contributed by atoms with E-state index in [1.54, 1.807) is 25.6 Å². The quantitative estimate of drug-likeness (QED) is 0.302. The van der Waals surface area contributed by atoms with Crippen LogP contribution >= 0.6 is 24.0 Å². The van der Waals surface area contributed by atoms with Gasteiger partial charge in [-0.2, -0.15) is 4.98 Å². The van der Waals surface area contributed by atoms with Crippen molar-refractivity contribution in [1.82, 2.24) is 25.3 Å². The van der Waals surface area contributed by atoms with Crippen LogP contribution in [0.1, 0.15) is 26.2 Å². The van der Waals surface area contributed by atoms with Crippen LogP contribution in [0, 0.1) is 0 Å². The molecule has 2 aromatic rings. The van der Waals surface area contributed by atoms with E-state index < -0.39 is 0 Å². The first-order valence-electron chi connectivity index (χ1n) is 9.30. The summed E-state index contributed by atoms with van der Waals surface area (Å²) in [6.07, 6.45) is 7.02. The predicted octanol–water partition coefficient (Wildman–Crippen LogP) is 2.73. The average Bonchev–Trinajstić information content (AvgIpc) is 2.69. The highest BCUT2D eigenvalue weighted by molar-refractivity contribution is 7.99. The highest BCUT2D eigenvalue weighted by atomic mass is 32.2. The van der Waals surface area contributed by atoms with Crippen LogP contribution < -0.4 is 15.5 Å². The largest absolute Gasteiger partial charge is 0.383 e. The van der Waals surface area contributed by atoms with Crippen LogP contribution in [0.5, 0.6) is 0 Å². The number of thiocarbonyl (C=S) groups is 1. The number of nitrogens with one attached hydrogen (secondary N) is 2. The molecule has 28 heavy (non-hydrogen) atoms. The second-order valence-corrected chi connectivity index (χ2v) is 7.83. The van der Waals surface area contributed by atoms with Crippen LogP contribution in [0.4, 0.5) is 11.8 Å². The maximum Gasteiger partial charge on any atom is 0.232 e. The highest BCUT2D eigenvalue weighted by Gasteiger charge is 2.21. The minimum atomic E-state index is 0.439. The summed E-state index contributed by atoms with van der Waals surface area (Å²) >= 11 is 6.75. The third kappa shape index (κ3) is 5.98. The molecule has 1 aliphatic heterocycles. The van der Waals surface area contributed by atoms with Gasteiger partial charge in [-0.1, -0.05) is 0 Å². The number of ether oxygens (including phenoxy) is 1. The molecule has 8 nitrogen and oxygen atoms in total. The molecule has 2 N–H and O–H groups in total. The van der Waals surface area contributed by atoms with Crippen LogP contribution in [0.25, 0.3) is 0 Å². The summed E-state index contributed by atoms with van der Waals surface area (Å²) in [5.41, 5.74) is 0. The summed E-state index contributed by atoms with van der Waals surface area (Å²) < 4.78 is 5.03. The summed E-state index contributed by atoms with van der Waals surface area (Å²) in [4.78, 5) is 20.2. The Morgan fingerprint density at radius 3 is 2.89 bits per heavy atom. The van der Waals surface area contributed by atoms with Crippen molar-refractivity contribution in [3.63, 3.8) is 0 Å². The fourth-order valence-corrected chi connectivity index (χ4v) is 3.85. The molecule has 0 saturated carbocycles. The molecule has 3 rings (SSSR count). The Hall–Kier alpha value is -2.04. The molecule has 1 fully saturated rings. The molecule has 3 heterocycles. The van der Waals surface area contributed by atoms with Crippen LogP contribution in [-0.4, -0.2) is 57.9 Å². The van der Waals surface area contributed by atoms with E-state index in [0.717, 1.165) is 23.8 Å². The van der Waals surface area contributed by atoms with Gasteiger partial charge in [0, 0.05) is 44.7 Å². The van der Waals surface area contributed by atoms with E-state index in [4.69, 9.17) is 21.9 Å².